The molecule has 4 aromatic rings. The number of carbonyl (C=O) groups is 1. The third-order valence-corrected chi connectivity index (χ3v) is 5.25. The molecule has 29 heavy (non-hydrogen) atoms. The van der Waals surface area contributed by atoms with E-state index in [-0.39, 0.29) is 5.91 Å². The highest BCUT2D eigenvalue weighted by molar-refractivity contribution is 5.97. The van der Waals surface area contributed by atoms with Gasteiger partial charge in [0, 0.05) is 36.8 Å². The molecule has 148 valence electrons. The number of aromatic nitrogens is 3. The van der Waals surface area contributed by atoms with E-state index in [0.717, 1.165) is 35.3 Å². The first-order valence-electron chi connectivity index (χ1n) is 9.72. The first kappa shape index (κ1) is 18.9. The van der Waals surface area contributed by atoms with Gasteiger partial charge in [0.2, 0.25) is 0 Å². The Morgan fingerprint density at radius 2 is 1.90 bits per heavy atom. The van der Waals surface area contributed by atoms with E-state index in [0.29, 0.717) is 23.6 Å². The van der Waals surface area contributed by atoms with Gasteiger partial charge in [-0.1, -0.05) is 30.3 Å². The van der Waals surface area contributed by atoms with Gasteiger partial charge >= 0.3 is 0 Å². The maximum Gasteiger partial charge on any atom is 0.251 e. The zero-order chi connectivity index (χ0) is 20.4. The molecule has 0 aliphatic rings. The van der Waals surface area contributed by atoms with Crippen molar-refractivity contribution in [1.82, 2.24) is 20.1 Å². The predicted molar refractivity (Wildman–Crippen MR) is 112 cm³/mol. The fourth-order valence-electron chi connectivity index (χ4n) is 3.46. The summed E-state index contributed by atoms with van der Waals surface area (Å²) in [7, 11) is 1.90. The van der Waals surface area contributed by atoms with Gasteiger partial charge in [0.05, 0.1) is 5.69 Å². The van der Waals surface area contributed by atoms with Crippen molar-refractivity contribution in [3.8, 4) is 0 Å². The van der Waals surface area contributed by atoms with E-state index in [1.807, 2.05) is 49.8 Å². The van der Waals surface area contributed by atoms with Crippen LogP contribution in [0, 0.1) is 13.8 Å². The largest absolute Gasteiger partial charge is 0.441 e. The van der Waals surface area contributed by atoms with Crippen LogP contribution in [0.25, 0.3) is 11.1 Å². The molecule has 2 aromatic carbocycles. The van der Waals surface area contributed by atoms with Crippen LogP contribution in [0.1, 0.15) is 38.8 Å². The van der Waals surface area contributed by atoms with Gasteiger partial charge in [0.25, 0.3) is 5.91 Å². The van der Waals surface area contributed by atoms with E-state index >= 15 is 0 Å². The number of fused-ring (bicyclic) bond motifs is 1. The van der Waals surface area contributed by atoms with Gasteiger partial charge in [-0.25, -0.2) is 4.98 Å². The molecule has 6 heteroatoms. The van der Waals surface area contributed by atoms with Gasteiger partial charge in [-0.05, 0) is 44.0 Å². The van der Waals surface area contributed by atoms with Gasteiger partial charge in [-0.3, -0.25) is 9.48 Å². The lowest BCUT2D eigenvalue weighted by Crippen LogP contribution is -2.23. The lowest BCUT2D eigenvalue weighted by molar-refractivity contribution is 0.0951. The number of nitrogens with one attached hydrogen (secondary N) is 1. The molecule has 0 saturated carbocycles. The summed E-state index contributed by atoms with van der Waals surface area (Å²) in [6.07, 6.45) is 1.59. The lowest BCUT2D eigenvalue weighted by atomic mass is 10.1. The summed E-state index contributed by atoms with van der Waals surface area (Å²) in [4.78, 5) is 17.1. The molecule has 0 fully saturated rings. The fraction of sp³-hybridized carbons (Fsp3) is 0.261. The van der Waals surface area contributed by atoms with Crippen molar-refractivity contribution < 1.29 is 9.21 Å². The number of nitrogens with zero attached hydrogens (tertiary/aromatic N) is 3. The molecular weight excluding hydrogens is 364 g/mol. The zero-order valence-electron chi connectivity index (χ0n) is 16.9. The van der Waals surface area contributed by atoms with Crippen molar-refractivity contribution in [2.24, 2.45) is 7.05 Å². The minimum absolute atomic E-state index is 0.142. The van der Waals surface area contributed by atoms with E-state index in [1.165, 1.54) is 5.56 Å². The third-order valence-electron chi connectivity index (χ3n) is 5.25. The van der Waals surface area contributed by atoms with Crippen molar-refractivity contribution in [2.45, 2.75) is 33.2 Å². The average molecular weight is 388 g/mol. The molecule has 6 nitrogen and oxygen atoms in total. The highest BCUT2D eigenvalue weighted by Gasteiger charge is 2.14. The average Bonchev–Trinajstić information content (AvgIpc) is 3.24. The Labute approximate surface area is 169 Å². The van der Waals surface area contributed by atoms with Crippen LogP contribution in [0.4, 0.5) is 0 Å². The van der Waals surface area contributed by atoms with E-state index in [2.05, 4.69) is 27.5 Å². The summed E-state index contributed by atoms with van der Waals surface area (Å²) in [5, 5.41) is 7.36. The first-order chi connectivity index (χ1) is 14.0. The van der Waals surface area contributed by atoms with Crippen LogP contribution in [-0.4, -0.2) is 20.7 Å². The minimum atomic E-state index is -0.142. The van der Waals surface area contributed by atoms with Crippen LogP contribution in [-0.2, 0) is 26.4 Å². The van der Waals surface area contributed by atoms with Crippen LogP contribution in [0.3, 0.4) is 0 Å². The monoisotopic (exact) mass is 388 g/mol. The Bertz CT molecular complexity index is 1160. The molecule has 1 amide bonds. The van der Waals surface area contributed by atoms with Crippen LogP contribution in [0.15, 0.2) is 52.9 Å². The molecule has 2 aromatic heterocycles. The number of benzene rings is 2. The van der Waals surface area contributed by atoms with Crippen LogP contribution < -0.4 is 5.32 Å². The second-order valence-electron chi connectivity index (χ2n) is 7.23. The zero-order valence-corrected chi connectivity index (χ0v) is 16.9. The molecule has 0 aliphatic heterocycles. The number of hydrogen-bond donors (Lipinski definition) is 1. The van der Waals surface area contributed by atoms with E-state index in [9.17, 15) is 4.79 Å². The summed E-state index contributed by atoms with van der Waals surface area (Å²) < 4.78 is 7.71. The second kappa shape index (κ2) is 7.91. The fourth-order valence-corrected chi connectivity index (χ4v) is 3.46. The van der Waals surface area contributed by atoms with Gasteiger partial charge < -0.3 is 9.73 Å². The Morgan fingerprint density at radius 3 is 2.62 bits per heavy atom. The molecule has 0 aliphatic carbocycles. The normalized spacial score (nSPS) is 11.1. The Morgan fingerprint density at radius 1 is 1.10 bits per heavy atom. The minimum Gasteiger partial charge on any atom is -0.441 e. The number of aryl methyl sites for hydroxylation is 4. The van der Waals surface area contributed by atoms with Gasteiger partial charge in [-0.15, -0.1) is 0 Å². The van der Waals surface area contributed by atoms with E-state index in [1.54, 1.807) is 12.1 Å². The maximum absolute atomic E-state index is 12.6. The smallest absolute Gasteiger partial charge is 0.251 e. The van der Waals surface area contributed by atoms with E-state index in [4.69, 9.17) is 4.42 Å². The number of hydrogen-bond acceptors (Lipinski definition) is 4. The SMILES string of the molecule is Cc1nn(C)c(C)c1CNC(=O)c1ccc2nc(CCc3ccccc3)oc2c1. The summed E-state index contributed by atoms with van der Waals surface area (Å²) in [6, 6.07) is 15.6. The highest BCUT2D eigenvalue weighted by Crippen LogP contribution is 2.19. The standard InChI is InChI=1S/C23H24N4O2/c1-15-19(16(2)27(3)26-15)14-24-23(28)18-10-11-20-21(13-18)29-22(25-20)12-9-17-7-5-4-6-8-17/h4-8,10-11,13H,9,12,14H2,1-3H3,(H,24,28). The molecular formula is C23H24N4O2. The molecule has 4 rings (SSSR count). The maximum atomic E-state index is 12.6. The van der Waals surface area contributed by atoms with Crippen molar-refractivity contribution >= 4 is 17.0 Å². The molecule has 0 bridgehead atoms. The summed E-state index contributed by atoms with van der Waals surface area (Å²) >= 11 is 0. The number of carbonyl (C=O) groups excluding carboxylic acids is 1. The van der Waals surface area contributed by atoms with Crippen molar-refractivity contribution in [1.29, 1.82) is 0 Å². The Balaban J connectivity index is 1.44. The number of rotatable bonds is 6. The Kier molecular flexibility index (Phi) is 5.16. The number of oxazole rings is 1. The van der Waals surface area contributed by atoms with Crippen LogP contribution >= 0.6 is 0 Å². The van der Waals surface area contributed by atoms with Gasteiger partial charge in [0.15, 0.2) is 11.5 Å². The van der Waals surface area contributed by atoms with Gasteiger partial charge in [0.1, 0.15) is 5.52 Å². The van der Waals surface area contributed by atoms with Crippen molar-refractivity contribution in [2.75, 3.05) is 0 Å². The summed E-state index contributed by atoms with van der Waals surface area (Å²) in [6.45, 7) is 4.40. The number of amides is 1. The lowest BCUT2D eigenvalue weighted by Gasteiger charge is -2.06. The van der Waals surface area contributed by atoms with E-state index < -0.39 is 0 Å². The molecule has 0 radical (unpaired) electrons. The van der Waals surface area contributed by atoms with Crippen molar-refractivity contribution in [3.63, 3.8) is 0 Å². The molecule has 0 saturated heterocycles. The quantitative estimate of drug-likeness (QED) is 0.544. The summed E-state index contributed by atoms with van der Waals surface area (Å²) in [5.74, 6) is 0.541. The molecule has 1 N–H and O–H groups in total. The third kappa shape index (κ3) is 4.06. The van der Waals surface area contributed by atoms with Crippen LogP contribution in [0.5, 0.6) is 0 Å². The van der Waals surface area contributed by atoms with Gasteiger partial charge in [-0.2, -0.15) is 5.10 Å². The predicted octanol–water partition coefficient (Wildman–Crippen LogP) is 3.89. The first-order valence-corrected chi connectivity index (χ1v) is 9.72. The van der Waals surface area contributed by atoms with Crippen LogP contribution in [0.2, 0.25) is 0 Å². The summed E-state index contributed by atoms with van der Waals surface area (Å²) in [5.41, 5.74) is 6.23. The Hall–Kier alpha value is -3.41. The molecule has 2 heterocycles. The second-order valence-corrected chi connectivity index (χ2v) is 7.23. The topological polar surface area (TPSA) is 73.0 Å². The molecule has 0 atom stereocenters. The molecule has 0 unspecified atom stereocenters. The molecule has 0 spiro atoms. The van der Waals surface area contributed by atoms with Crippen molar-refractivity contribution in [3.05, 3.63) is 82.5 Å². The highest BCUT2D eigenvalue weighted by atomic mass is 16.3.